The van der Waals surface area contributed by atoms with Gasteiger partial charge in [0.15, 0.2) is 0 Å². The molecule has 1 N–H and O–H groups in total. The van der Waals surface area contributed by atoms with Crippen molar-refractivity contribution < 1.29 is 4.74 Å². The van der Waals surface area contributed by atoms with Crippen molar-refractivity contribution in [2.24, 2.45) is 5.92 Å². The van der Waals surface area contributed by atoms with Crippen molar-refractivity contribution in [3.05, 3.63) is 28.8 Å². The van der Waals surface area contributed by atoms with Crippen molar-refractivity contribution in [3.8, 4) is 11.8 Å². The average molecular weight is 265 g/mol. The zero-order valence-corrected chi connectivity index (χ0v) is 11.2. The smallest absolute Gasteiger partial charge is 0.138 e. The molecule has 2 rings (SSSR count). The fourth-order valence-corrected chi connectivity index (χ4v) is 2.16. The molecule has 4 heteroatoms. The lowest BCUT2D eigenvalue weighted by molar-refractivity contribution is 0.167. The van der Waals surface area contributed by atoms with Gasteiger partial charge in [0, 0.05) is 11.1 Å². The van der Waals surface area contributed by atoms with Gasteiger partial charge in [-0.05, 0) is 50.9 Å². The monoisotopic (exact) mass is 264 g/mol. The SMILES string of the molecule is CNCCC(Oc1cc(Cl)ccc1C#N)C1CC1. The second-order valence-electron chi connectivity index (χ2n) is 4.64. The summed E-state index contributed by atoms with van der Waals surface area (Å²) in [6.07, 6.45) is 3.58. The minimum absolute atomic E-state index is 0.183. The Bertz CT molecular complexity index is 452. The fourth-order valence-electron chi connectivity index (χ4n) is 1.99. The van der Waals surface area contributed by atoms with Crippen LogP contribution >= 0.6 is 11.6 Å². The van der Waals surface area contributed by atoms with Crippen molar-refractivity contribution >= 4 is 11.6 Å². The van der Waals surface area contributed by atoms with Gasteiger partial charge >= 0.3 is 0 Å². The molecule has 3 nitrogen and oxygen atoms in total. The number of nitrogens with zero attached hydrogens (tertiary/aromatic N) is 1. The van der Waals surface area contributed by atoms with Crippen molar-refractivity contribution in [1.82, 2.24) is 5.32 Å². The van der Waals surface area contributed by atoms with E-state index in [2.05, 4.69) is 11.4 Å². The molecule has 1 saturated carbocycles. The van der Waals surface area contributed by atoms with Crippen molar-refractivity contribution in [1.29, 1.82) is 5.26 Å². The molecule has 1 aliphatic rings. The van der Waals surface area contributed by atoms with Gasteiger partial charge in [-0.3, -0.25) is 0 Å². The number of ether oxygens (including phenoxy) is 1. The second kappa shape index (κ2) is 6.08. The molecule has 1 aliphatic carbocycles. The predicted octanol–water partition coefficient (Wildman–Crippen LogP) is 2.98. The van der Waals surface area contributed by atoms with E-state index in [1.807, 2.05) is 7.05 Å². The highest BCUT2D eigenvalue weighted by Gasteiger charge is 2.32. The zero-order chi connectivity index (χ0) is 13.0. The summed E-state index contributed by atoms with van der Waals surface area (Å²) in [5.41, 5.74) is 0.550. The molecule has 96 valence electrons. The quantitative estimate of drug-likeness (QED) is 0.859. The topological polar surface area (TPSA) is 45.0 Å². The first kappa shape index (κ1) is 13.2. The van der Waals surface area contributed by atoms with Crippen LogP contribution in [-0.2, 0) is 0 Å². The van der Waals surface area contributed by atoms with E-state index in [-0.39, 0.29) is 6.10 Å². The summed E-state index contributed by atoms with van der Waals surface area (Å²) >= 11 is 5.96. The highest BCUT2D eigenvalue weighted by Crippen LogP contribution is 2.37. The Labute approximate surface area is 113 Å². The standard InChI is InChI=1S/C14H17ClN2O/c1-17-7-6-13(10-2-3-10)18-14-8-12(15)5-4-11(14)9-16/h4-5,8,10,13,17H,2-3,6-7H2,1H3. The summed E-state index contributed by atoms with van der Waals surface area (Å²) in [6, 6.07) is 7.30. The van der Waals surface area contributed by atoms with E-state index >= 15 is 0 Å². The van der Waals surface area contributed by atoms with Gasteiger partial charge in [-0.2, -0.15) is 5.26 Å². The molecule has 0 spiro atoms. The van der Waals surface area contributed by atoms with Crippen LogP contribution in [0.1, 0.15) is 24.8 Å². The number of rotatable bonds is 6. The maximum atomic E-state index is 9.07. The van der Waals surface area contributed by atoms with Gasteiger partial charge in [-0.1, -0.05) is 11.6 Å². The normalized spacial score (nSPS) is 16.1. The minimum atomic E-state index is 0.183. The number of hydrogen-bond acceptors (Lipinski definition) is 3. The molecular formula is C14H17ClN2O. The minimum Gasteiger partial charge on any atom is -0.489 e. The summed E-state index contributed by atoms with van der Waals surface area (Å²) in [6.45, 7) is 0.920. The Morgan fingerprint density at radius 3 is 2.94 bits per heavy atom. The van der Waals surface area contributed by atoms with Crippen LogP contribution in [0.2, 0.25) is 5.02 Å². The number of nitrogens with one attached hydrogen (secondary N) is 1. The van der Waals surface area contributed by atoms with E-state index in [1.54, 1.807) is 18.2 Å². The van der Waals surface area contributed by atoms with E-state index < -0.39 is 0 Å². The first-order valence-electron chi connectivity index (χ1n) is 6.25. The third-order valence-electron chi connectivity index (χ3n) is 3.17. The Morgan fingerprint density at radius 2 is 2.33 bits per heavy atom. The molecule has 0 heterocycles. The lowest BCUT2D eigenvalue weighted by Crippen LogP contribution is -2.24. The molecule has 1 unspecified atom stereocenters. The molecule has 0 amide bonds. The maximum Gasteiger partial charge on any atom is 0.138 e. The predicted molar refractivity (Wildman–Crippen MR) is 71.9 cm³/mol. The molecule has 1 aromatic carbocycles. The molecule has 1 fully saturated rings. The lowest BCUT2D eigenvalue weighted by Gasteiger charge is -2.19. The molecule has 18 heavy (non-hydrogen) atoms. The molecule has 0 radical (unpaired) electrons. The highest BCUT2D eigenvalue weighted by molar-refractivity contribution is 6.30. The molecule has 0 aromatic heterocycles. The number of benzene rings is 1. The van der Waals surface area contributed by atoms with Crippen LogP contribution in [0.4, 0.5) is 0 Å². The van der Waals surface area contributed by atoms with E-state index in [9.17, 15) is 0 Å². The summed E-state index contributed by atoms with van der Waals surface area (Å²) in [5.74, 6) is 1.24. The largest absolute Gasteiger partial charge is 0.489 e. The van der Waals surface area contributed by atoms with Gasteiger partial charge in [0.2, 0.25) is 0 Å². The van der Waals surface area contributed by atoms with Crippen LogP contribution < -0.4 is 10.1 Å². The van der Waals surface area contributed by atoms with E-state index in [4.69, 9.17) is 21.6 Å². The van der Waals surface area contributed by atoms with Gasteiger partial charge in [0.1, 0.15) is 17.9 Å². The van der Waals surface area contributed by atoms with Crippen molar-refractivity contribution in [3.63, 3.8) is 0 Å². The Kier molecular flexibility index (Phi) is 4.46. The second-order valence-corrected chi connectivity index (χ2v) is 5.07. The Balaban J connectivity index is 2.10. The first-order valence-corrected chi connectivity index (χ1v) is 6.63. The van der Waals surface area contributed by atoms with Crippen LogP contribution in [0.15, 0.2) is 18.2 Å². The molecule has 1 aromatic rings. The summed E-state index contributed by atoms with van der Waals surface area (Å²) < 4.78 is 6.00. The number of hydrogen-bond donors (Lipinski definition) is 1. The van der Waals surface area contributed by atoms with Gasteiger partial charge in [0.05, 0.1) is 5.56 Å². The number of nitriles is 1. The Hall–Kier alpha value is -1.24. The van der Waals surface area contributed by atoms with Gasteiger partial charge in [-0.15, -0.1) is 0 Å². The molecule has 1 atom stereocenters. The summed E-state index contributed by atoms with van der Waals surface area (Å²) in [5, 5.41) is 12.8. The first-order chi connectivity index (χ1) is 8.74. The third-order valence-corrected chi connectivity index (χ3v) is 3.40. The fraction of sp³-hybridized carbons (Fsp3) is 0.500. The van der Waals surface area contributed by atoms with Gasteiger partial charge in [0.25, 0.3) is 0 Å². The van der Waals surface area contributed by atoms with Crippen LogP contribution in [0, 0.1) is 17.2 Å². The molecular weight excluding hydrogens is 248 g/mol. The molecule has 0 bridgehead atoms. The van der Waals surface area contributed by atoms with Crippen LogP contribution in [-0.4, -0.2) is 19.7 Å². The summed E-state index contributed by atoms with van der Waals surface area (Å²) in [4.78, 5) is 0. The molecule has 0 saturated heterocycles. The van der Waals surface area contributed by atoms with Crippen LogP contribution in [0.3, 0.4) is 0 Å². The van der Waals surface area contributed by atoms with Crippen molar-refractivity contribution in [2.45, 2.75) is 25.4 Å². The average Bonchev–Trinajstić information content (AvgIpc) is 3.19. The van der Waals surface area contributed by atoms with E-state index in [0.29, 0.717) is 22.3 Å². The summed E-state index contributed by atoms with van der Waals surface area (Å²) in [7, 11) is 1.93. The highest BCUT2D eigenvalue weighted by atomic mass is 35.5. The van der Waals surface area contributed by atoms with Crippen LogP contribution in [0.25, 0.3) is 0 Å². The van der Waals surface area contributed by atoms with Gasteiger partial charge < -0.3 is 10.1 Å². The maximum absolute atomic E-state index is 9.07. The zero-order valence-electron chi connectivity index (χ0n) is 10.4. The lowest BCUT2D eigenvalue weighted by atomic mass is 10.1. The van der Waals surface area contributed by atoms with Gasteiger partial charge in [-0.25, -0.2) is 0 Å². The van der Waals surface area contributed by atoms with Crippen molar-refractivity contribution in [2.75, 3.05) is 13.6 Å². The van der Waals surface area contributed by atoms with E-state index in [0.717, 1.165) is 13.0 Å². The van der Waals surface area contributed by atoms with Crippen LogP contribution in [0.5, 0.6) is 5.75 Å². The number of halogens is 1. The molecule has 0 aliphatic heterocycles. The van der Waals surface area contributed by atoms with E-state index in [1.165, 1.54) is 12.8 Å². The Morgan fingerprint density at radius 1 is 1.56 bits per heavy atom. The third kappa shape index (κ3) is 3.38.